The lowest BCUT2D eigenvalue weighted by atomic mass is 9.85. The summed E-state index contributed by atoms with van der Waals surface area (Å²) in [4.78, 5) is 9.01. The lowest BCUT2D eigenvalue weighted by Crippen LogP contribution is -2.46. The van der Waals surface area contributed by atoms with Crippen LogP contribution in [-0.2, 0) is 6.54 Å². The van der Waals surface area contributed by atoms with Gasteiger partial charge in [0.05, 0.1) is 11.6 Å². The number of nitrogens with zero attached hydrogens (tertiary/aromatic N) is 5. The molecule has 2 aliphatic rings. The van der Waals surface area contributed by atoms with Crippen molar-refractivity contribution in [3.05, 3.63) is 35.1 Å². The van der Waals surface area contributed by atoms with Gasteiger partial charge in [0.15, 0.2) is 0 Å². The zero-order valence-corrected chi connectivity index (χ0v) is 13.7. The highest BCUT2D eigenvalue weighted by Crippen LogP contribution is 2.35. The minimum atomic E-state index is 0.504. The normalized spacial score (nSPS) is 19.8. The molecule has 122 valence electrons. The lowest BCUT2D eigenvalue weighted by Gasteiger charge is -2.34. The van der Waals surface area contributed by atoms with Crippen LogP contribution in [0, 0.1) is 0 Å². The van der Waals surface area contributed by atoms with Gasteiger partial charge in [-0.25, -0.2) is 4.98 Å². The molecular formula is C16H20ClN5O. The Morgan fingerprint density at radius 1 is 1.13 bits per heavy atom. The number of hydrogen-bond donors (Lipinski definition) is 0. The molecule has 0 spiro atoms. The molecule has 3 heterocycles. The molecule has 0 atom stereocenters. The SMILES string of the molecule is Clc1ccc(N2CCN(Cc3nnc(C4CCC4)o3)CC2)nc1. The fraction of sp³-hybridized carbons (Fsp3) is 0.562. The summed E-state index contributed by atoms with van der Waals surface area (Å²) in [5, 5.41) is 9.07. The average Bonchev–Trinajstić information content (AvgIpc) is 2.95. The molecule has 1 saturated carbocycles. The summed E-state index contributed by atoms with van der Waals surface area (Å²) in [5.74, 6) is 3.06. The van der Waals surface area contributed by atoms with E-state index in [1.54, 1.807) is 6.20 Å². The molecule has 0 N–H and O–H groups in total. The Hall–Kier alpha value is -1.66. The van der Waals surface area contributed by atoms with Crippen molar-refractivity contribution in [3.8, 4) is 0 Å². The summed E-state index contributed by atoms with van der Waals surface area (Å²) in [7, 11) is 0. The van der Waals surface area contributed by atoms with Gasteiger partial charge in [0, 0.05) is 38.3 Å². The number of piperazine rings is 1. The summed E-state index contributed by atoms with van der Waals surface area (Å²) in [5.41, 5.74) is 0. The van der Waals surface area contributed by atoms with Gasteiger partial charge in [-0.2, -0.15) is 0 Å². The van der Waals surface area contributed by atoms with Gasteiger partial charge < -0.3 is 9.32 Å². The van der Waals surface area contributed by atoms with Crippen LogP contribution in [0.15, 0.2) is 22.7 Å². The van der Waals surface area contributed by atoms with Crippen LogP contribution in [-0.4, -0.2) is 46.3 Å². The molecule has 0 amide bonds. The number of rotatable bonds is 4. The molecular weight excluding hydrogens is 314 g/mol. The van der Waals surface area contributed by atoms with Gasteiger partial charge in [0.1, 0.15) is 5.82 Å². The fourth-order valence-corrected chi connectivity index (χ4v) is 3.14. The third-order valence-corrected chi connectivity index (χ3v) is 4.93. The molecule has 1 aliphatic carbocycles. The van der Waals surface area contributed by atoms with E-state index in [1.807, 2.05) is 12.1 Å². The number of halogens is 1. The average molecular weight is 334 g/mol. The largest absolute Gasteiger partial charge is 0.424 e. The highest BCUT2D eigenvalue weighted by molar-refractivity contribution is 6.30. The number of aromatic nitrogens is 3. The predicted octanol–water partition coefficient (Wildman–Crippen LogP) is 2.71. The van der Waals surface area contributed by atoms with E-state index in [-0.39, 0.29) is 0 Å². The van der Waals surface area contributed by atoms with Crippen LogP contribution in [0.1, 0.15) is 37.0 Å². The van der Waals surface area contributed by atoms with E-state index < -0.39 is 0 Å². The monoisotopic (exact) mass is 333 g/mol. The van der Waals surface area contributed by atoms with Gasteiger partial charge in [-0.1, -0.05) is 18.0 Å². The highest BCUT2D eigenvalue weighted by atomic mass is 35.5. The first-order chi connectivity index (χ1) is 11.3. The smallest absolute Gasteiger partial charge is 0.230 e. The Morgan fingerprint density at radius 2 is 1.96 bits per heavy atom. The van der Waals surface area contributed by atoms with Gasteiger partial charge in [-0.3, -0.25) is 4.90 Å². The first-order valence-corrected chi connectivity index (χ1v) is 8.57. The molecule has 7 heteroatoms. The van der Waals surface area contributed by atoms with Crippen molar-refractivity contribution in [1.82, 2.24) is 20.1 Å². The summed E-state index contributed by atoms with van der Waals surface area (Å²) in [6, 6.07) is 3.86. The molecule has 6 nitrogen and oxygen atoms in total. The highest BCUT2D eigenvalue weighted by Gasteiger charge is 2.26. The molecule has 0 aromatic carbocycles. The van der Waals surface area contributed by atoms with E-state index in [2.05, 4.69) is 25.0 Å². The van der Waals surface area contributed by atoms with Crippen molar-refractivity contribution in [2.45, 2.75) is 31.7 Å². The molecule has 0 bridgehead atoms. The Labute approximate surface area is 140 Å². The summed E-state index contributed by atoms with van der Waals surface area (Å²) in [6.07, 6.45) is 5.36. The number of pyridine rings is 1. The maximum Gasteiger partial charge on any atom is 0.230 e. The third kappa shape index (κ3) is 3.33. The molecule has 4 rings (SSSR count). The minimum Gasteiger partial charge on any atom is -0.424 e. The number of anilines is 1. The van der Waals surface area contributed by atoms with Crippen LogP contribution in [0.3, 0.4) is 0 Å². The second-order valence-electron chi connectivity index (χ2n) is 6.26. The van der Waals surface area contributed by atoms with Crippen LogP contribution >= 0.6 is 11.6 Å². The molecule has 2 fully saturated rings. The van der Waals surface area contributed by atoms with Crippen LogP contribution in [0.25, 0.3) is 0 Å². The van der Waals surface area contributed by atoms with Gasteiger partial charge in [-0.15, -0.1) is 10.2 Å². The second kappa shape index (κ2) is 6.45. The first-order valence-electron chi connectivity index (χ1n) is 8.19. The van der Waals surface area contributed by atoms with E-state index in [1.165, 1.54) is 19.3 Å². The van der Waals surface area contributed by atoms with Crippen LogP contribution in [0.5, 0.6) is 0 Å². The van der Waals surface area contributed by atoms with E-state index in [0.29, 0.717) is 10.9 Å². The zero-order chi connectivity index (χ0) is 15.6. The minimum absolute atomic E-state index is 0.504. The molecule has 2 aromatic rings. The van der Waals surface area contributed by atoms with E-state index in [9.17, 15) is 0 Å². The Bertz CT molecular complexity index is 647. The molecule has 0 radical (unpaired) electrons. The maximum atomic E-state index is 5.89. The van der Waals surface area contributed by atoms with Crippen molar-refractivity contribution in [2.75, 3.05) is 31.1 Å². The van der Waals surface area contributed by atoms with E-state index in [0.717, 1.165) is 50.3 Å². The predicted molar refractivity (Wildman–Crippen MR) is 87.6 cm³/mol. The lowest BCUT2D eigenvalue weighted by molar-refractivity contribution is 0.219. The Morgan fingerprint density at radius 3 is 2.61 bits per heavy atom. The standard InChI is InChI=1S/C16H20ClN5O/c17-13-4-5-14(18-10-13)22-8-6-21(7-9-22)11-15-19-20-16(23-15)12-2-1-3-12/h4-5,10,12H,1-3,6-9,11H2. The molecule has 1 saturated heterocycles. The number of hydrogen-bond acceptors (Lipinski definition) is 6. The van der Waals surface area contributed by atoms with Crippen molar-refractivity contribution in [2.24, 2.45) is 0 Å². The summed E-state index contributed by atoms with van der Waals surface area (Å²) < 4.78 is 5.81. The van der Waals surface area contributed by atoms with E-state index in [4.69, 9.17) is 16.0 Å². The van der Waals surface area contributed by atoms with Crippen LogP contribution in [0.2, 0.25) is 5.02 Å². The topological polar surface area (TPSA) is 58.3 Å². The second-order valence-corrected chi connectivity index (χ2v) is 6.70. The first kappa shape index (κ1) is 14.9. The van der Waals surface area contributed by atoms with Crippen molar-refractivity contribution in [3.63, 3.8) is 0 Å². The zero-order valence-electron chi connectivity index (χ0n) is 13.0. The Balaban J connectivity index is 1.31. The third-order valence-electron chi connectivity index (χ3n) is 4.70. The quantitative estimate of drug-likeness (QED) is 0.857. The van der Waals surface area contributed by atoms with Gasteiger partial charge in [0.25, 0.3) is 0 Å². The van der Waals surface area contributed by atoms with E-state index >= 15 is 0 Å². The molecule has 0 unspecified atom stereocenters. The molecule has 23 heavy (non-hydrogen) atoms. The van der Waals surface area contributed by atoms with Crippen LogP contribution < -0.4 is 4.90 Å². The van der Waals surface area contributed by atoms with Crippen molar-refractivity contribution < 1.29 is 4.42 Å². The van der Waals surface area contributed by atoms with Crippen molar-refractivity contribution in [1.29, 1.82) is 0 Å². The van der Waals surface area contributed by atoms with Crippen LogP contribution in [0.4, 0.5) is 5.82 Å². The summed E-state index contributed by atoms with van der Waals surface area (Å²) >= 11 is 5.89. The van der Waals surface area contributed by atoms with Gasteiger partial charge in [0.2, 0.25) is 11.8 Å². The van der Waals surface area contributed by atoms with Gasteiger partial charge in [-0.05, 0) is 25.0 Å². The Kier molecular flexibility index (Phi) is 4.18. The molecule has 1 aliphatic heterocycles. The summed E-state index contributed by atoms with van der Waals surface area (Å²) in [6.45, 7) is 4.55. The maximum absolute atomic E-state index is 5.89. The van der Waals surface area contributed by atoms with Gasteiger partial charge >= 0.3 is 0 Å². The fourth-order valence-electron chi connectivity index (χ4n) is 3.03. The molecule has 2 aromatic heterocycles. The van der Waals surface area contributed by atoms with Crippen molar-refractivity contribution >= 4 is 17.4 Å².